The van der Waals surface area contributed by atoms with Crippen LogP contribution < -0.4 is 0 Å². The zero-order valence-corrected chi connectivity index (χ0v) is 11.2. The van der Waals surface area contributed by atoms with E-state index in [1.807, 2.05) is 13.0 Å². The molecule has 0 spiro atoms. The molecule has 2 heterocycles. The lowest BCUT2D eigenvalue weighted by Gasteiger charge is -2.33. The minimum atomic E-state index is -0.518. The van der Waals surface area contributed by atoms with Crippen LogP contribution in [0, 0.1) is 5.92 Å². The van der Waals surface area contributed by atoms with E-state index in [9.17, 15) is 5.11 Å². The summed E-state index contributed by atoms with van der Waals surface area (Å²) in [5.41, 5.74) is 1.61. The molecule has 0 amide bonds. The Morgan fingerprint density at radius 2 is 1.94 bits per heavy atom. The number of hydrogen-bond donors (Lipinski definition) is 1. The summed E-state index contributed by atoms with van der Waals surface area (Å²) in [7, 11) is 0. The molecule has 0 aromatic heterocycles. The van der Waals surface area contributed by atoms with Crippen LogP contribution in [0.25, 0.3) is 5.57 Å². The fourth-order valence-electron chi connectivity index (χ4n) is 3.30. The van der Waals surface area contributed by atoms with Gasteiger partial charge in [-0.3, -0.25) is 0 Å². The van der Waals surface area contributed by atoms with E-state index < -0.39 is 11.7 Å². The highest BCUT2D eigenvalue weighted by molar-refractivity contribution is 5.77. The van der Waals surface area contributed by atoms with Crippen LogP contribution in [-0.4, -0.2) is 22.4 Å². The van der Waals surface area contributed by atoms with Crippen molar-refractivity contribution in [3.05, 3.63) is 42.0 Å². The Morgan fingerprint density at radius 1 is 1.28 bits per heavy atom. The van der Waals surface area contributed by atoms with Crippen molar-refractivity contribution >= 4 is 5.57 Å². The van der Waals surface area contributed by atoms with E-state index in [1.165, 1.54) is 11.1 Å². The molecular formula is C16H20O2. The minimum Gasteiger partial charge on any atom is -0.390 e. The van der Waals surface area contributed by atoms with Crippen LogP contribution in [0.2, 0.25) is 0 Å². The molecular weight excluding hydrogens is 224 g/mol. The monoisotopic (exact) mass is 244 g/mol. The Hall–Kier alpha value is -1.12. The largest absolute Gasteiger partial charge is 0.390 e. The van der Waals surface area contributed by atoms with Crippen molar-refractivity contribution in [1.29, 1.82) is 0 Å². The lowest BCUT2D eigenvalue weighted by Crippen LogP contribution is -2.35. The predicted octanol–water partition coefficient (Wildman–Crippen LogP) is 3.02. The maximum absolute atomic E-state index is 10.2. The fraction of sp³-hybridized carbons (Fsp3) is 0.500. The van der Waals surface area contributed by atoms with E-state index in [0.717, 1.165) is 0 Å². The van der Waals surface area contributed by atoms with Gasteiger partial charge in [-0.15, -0.1) is 0 Å². The summed E-state index contributed by atoms with van der Waals surface area (Å²) in [5.74, 6) is 0.350. The summed E-state index contributed by atoms with van der Waals surface area (Å²) in [5, 5.41) is 10.2. The third-order valence-electron chi connectivity index (χ3n) is 4.46. The summed E-state index contributed by atoms with van der Waals surface area (Å²) in [6.07, 6.45) is 2.42. The Morgan fingerprint density at radius 3 is 2.50 bits per heavy atom. The van der Waals surface area contributed by atoms with Crippen LogP contribution in [0.4, 0.5) is 0 Å². The Balaban J connectivity index is 2.12. The van der Waals surface area contributed by atoms with E-state index >= 15 is 0 Å². The van der Waals surface area contributed by atoms with Crippen molar-refractivity contribution in [1.82, 2.24) is 0 Å². The molecule has 0 aliphatic carbocycles. The highest BCUT2D eigenvalue weighted by Crippen LogP contribution is 2.56. The first-order valence-corrected chi connectivity index (χ1v) is 6.65. The summed E-state index contributed by atoms with van der Waals surface area (Å²) in [6.45, 7) is 6.32. The number of aliphatic hydroxyl groups is 1. The van der Waals surface area contributed by atoms with Crippen molar-refractivity contribution in [3.8, 4) is 0 Å². The second kappa shape index (κ2) is 3.69. The minimum absolute atomic E-state index is 0.324. The van der Waals surface area contributed by atoms with E-state index in [1.54, 1.807) is 0 Å². The normalized spacial score (nSPS) is 38.3. The van der Waals surface area contributed by atoms with Crippen LogP contribution in [0.1, 0.15) is 32.8 Å². The van der Waals surface area contributed by atoms with Crippen molar-refractivity contribution in [3.63, 3.8) is 0 Å². The quantitative estimate of drug-likeness (QED) is 0.866. The van der Waals surface area contributed by atoms with Gasteiger partial charge in [-0.25, -0.2) is 0 Å². The van der Waals surface area contributed by atoms with Gasteiger partial charge < -0.3 is 9.84 Å². The molecule has 1 aromatic carbocycles. The molecule has 1 aromatic rings. The lowest BCUT2D eigenvalue weighted by molar-refractivity contribution is -0.0621. The smallest absolute Gasteiger partial charge is 0.111 e. The maximum atomic E-state index is 10.2. The number of aliphatic hydroxyl groups excluding tert-OH is 1. The summed E-state index contributed by atoms with van der Waals surface area (Å²) in [6, 6.07) is 10.4. The molecule has 0 radical (unpaired) electrons. The molecule has 0 saturated carbocycles. The van der Waals surface area contributed by atoms with Crippen molar-refractivity contribution in [2.24, 2.45) is 5.92 Å². The third-order valence-corrected chi connectivity index (χ3v) is 4.46. The highest BCUT2D eigenvalue weighted by atomic mass is 16.6. The number of rotatable bonds is 2. The second-order valence-electron chi connectivity index (χ2n) is 5.97. The first-order chi connectivity index (χ1) is 8.48. The molecule has 2 aliphatic rings. The van der Waals surface area contributed by atoms with Gasteiger partial charge in [0, 0.05) is 6.42 Å². The SMILES string of the molecule is CC(C)[C@]12C[C@@H](O)[C@](C)(C=C1c1ccccc1)O2. The third kappa shape index (κ3) is 1.42. The van der Waals surface area contributed by atoms with Crippen LogP contribution in [0.5, 0.6) is 0 Å². The van der Waals surface area contributed by atoms with Crippen molar-refractivity contribution < 1.29 is 9.84 Å². The van der Waals surface area contributed by atoms with Gasteiger partial charge in [-0.2, -0.15) is 0 Å². The van der Waals surface area contributed by atoms with Gasteiger partial charge >= 0.3 is 0 Å². The Bertz CT molecular complexity index is 491. The zero-order valence-electron chi connectivity index (χ0n) is 11.2. The standard InChI is InChI=1S/C16H20O2/c1-11(2)16-10-14(17)15(3,18-16)9-13(16)12-7-5-4-6-8-12/h4-9,11,14,17H,10H2,1-3H3/t14-,15+,16-/m1/s1. The molecule has 2 aliphatic heterocycles. The van der Waals surface area contributed by atoms with Gasteiger partial charge in [0.15, 0.2) is 0 Å². The summed E-state index contributed by atoms with van der Waals surface area (Å²) < 4.78 is 6.25. The van der Waals surface area contributed by atoms with Gasteiger partial charge in [0.05, 0.1) is 11.7 Å². The molecule has 2 nitrogen and oxygen atoms in total. The summed E-state index contributed by atoms with van der Waals surface area (Å²) >= 11 is 0. The molecule has 96 valence electrons. The van der Waals surface area contributed by atoms with Crippen molar-refractivity contribution in [2.45, 2.75) is 44.5 Å². The number of benzene rings is 1. The van der Waals surface area contributed by atoms with Crippen LogP contribution in [-0.2, 0) is 4.74 Å². The van der Waals surface area contributed by atoms with Gasteiger partial charge in [0.1, 0.15) is 5.60 Å². The first-order valence-electron chi connectivity index (χ1n) is 6.65. The lowest BCUT2D eigenvalue weighted by atomic mass is 9.73. The molecule has 0 unspecified atom stereocenters. The molecule has 2 bridgehead atoms. The average Bonchev–Trinajstić information content (AvgIpc) is 2.79. The van der Waals surface area contributed by atoms with Crippen LogP contribution in [0.3, 0.4) is 0 Å². The Kier molecular flexibility index (Phi) is 2.45. The van der Waals surface area contributed by atoms with Gasteiger partial charge in [-0.1, -0.05) is 44.2 Å². The van der Waals surface area contributed by atoms with E-state index in [2.05, 4.69) is 44.2 Å². The fourth-order valence-corrected chi connectivity index (χ4v) is 3.30. The second-order valence-corrected chi connectivity index (χ2v) is 5.97. The van der Waals surface area contributed by atoms with E-state index in [0.29, 0.717) is 12.3 Å². The van der Waals surface area contributed by atoms with Crippen molar-refractivity contribution in [2.75, 3.05) is 0 Å². The maximum Gasteiger partial charge on any atom is 0.111 e. The number of hydrogen-bond acceptors (Lipinski definition) is 2. The summed E-state index contributed by atoms with van der Waals surface area (Å²) in [4.78, 5) is 0. The molecule has 1 fully saturated rings. The van der Waals surface area contributed by atoms with Gasteiger partial charge in [-0.05, 0) is 30.1 Å². The molecule has 1 N–H and O–H groups in total. The van der Waals surface area contributed by atoms with E-state index in [-0.39, 0.29) is 5.60 Å². The average molecular weight is 244 g/mol. The zero-order chi connectivity index (χ0) is 13.0. The van der Waals surface area contributed by atoms with Gasteiger partial charge in [0.2, 0.25) is 0 Å². The molecule has 3 rings (SSSR count). The highest BCUT2D eigenvalue weighted by Gasteiger charge is 2.60. The number of fused-ring (bicyclic) bond motifs is 2. The van der Waals surface area contributed by atoms with E-state index in [4.69, 9.17) is 4.74 Å². The van der Waals surface area contributed by atoms with Crippen LogP contribution >= 0.6 is 0 Å². The molecule has 2 heteroatoms. The Labute approximate surface area is 108 Å². The molecule has 18 heavy (non-hydrogen) atoms. The topological polar surface area (TPSA) is 29.5 Å². The first kappa shape index (κ1) is 11.9. The molecule has 3 atom stereocenters. The molecule has 1 saturated heterocycles. The number of ether oxygens (including phenoxy) is 1. The predicted molar refractivity (Wildman–Crippen MR) is 72.1 cm³/mol. The van der Waals surface area contributed by atoms with Crippen LogP contribution in [0.15, 0.2) is 36.4 Å². The van der Waals surface area contributed by atoms with Gasteiger partial charge in [0.25, 0.3) is 0 Å².